The van der Waals surface area contributed by atoms with Gasteiger partial charge in [0, 0.05) is 19.1 Å². The summed E-state index contributed by atoms with van der Waals surface area (Å²) in [6, 6.07) is 3.89. The standard InChI is InChI=1S/C11H14F3N3O/c12-11(13,14)9-2-1-3-10(17-9)16-6-8-7-18-5-4-15-8/h1-3,8,15H,4-7H2,(H,16,17). The van der Waals surface area contributed by atoms with Gasteiger partial charge in [0.05, 0.1) is 13.2 Å². The Morgan fingerprint density at radius 2 is 2.28 bits per heavy atom. The van der Waals surface area contributed by atoms with Crippen LogP contribution in [0.5, 0.6) is 0 Å². The molecule has 2 N–H and O–H groups in total. The first-order valence-electron chi connectivity index (χ1n) is 5.65. The van der Waals surface area contributed by atoms with Crippen LogP contribution < -0.4 is 10.6 Å². The van der Waals surface area contributed by atoms with Crippen molar-refractivity contribution < 1.29 is 17.9 Å². The average Bonchev–Trinajstić information content (AvgIpc) is 2.37. The smallest absolute Gasteiger partial charge is 0.378 e. The molecule has 0 radical (unpaired) electrons. The first-order valence-corrected chi connectivity index (χ1v) is 5.65. The predicted octanol–water partition coefficient (Wildman–Crippen LogP) is 1.50. The minimum atomic E-state index is -4.41. The summed E-state index contributed by atoms with van der Waals surface area (Å²) in [6.07, 6.45) is -4.41. The number of aromatic nitrogens is 1. The van der Waals surface area contributed by atoms with Crippen LogP contribution in [0.2, 0.25) is 0 Å². The molecule has 1 aliphatic rings. The minimum absolute atomic E-state index is 0.0927. The summed E-state index contributed by atoms with van der Waals surface area (Å²) >= 11 is 0. The molecule has 4 nitrogen and oxygen atoms in total. The number of alkyl halides is 3. The molecule has 0 spiro atoms. The second-order valence-electron chi connectivity index (χ2n) is 4.01. The number of halogens is 3. The van der Waals surface area contributed by atoms with Gasteiger partial charge in [-0.25, -0.2) is 4.98 Å². The summed E-state index contributed by atoms with van der Waals surface area (Å²) in [5.41, 5.74) is -0.889. The molecule has 100 valence electrons. The number of rotatable bonds is 3. The van der Waals surface area contributed by atoms with E-state index in [4.69, 9.17) is 4.74 Å². The molecule has 0 aliphatic carbocycles. The van der Waals surface area contributed by atoms with Crippen LogP contribution in [-0.2, 0) is 10.9 Å². The fraction of sp³-hybridized carbons (Fsp3) is 0.545. The van der Waals surface area contributed by atoms with Gasteiger partial charge in [-0.3, -0.25) is 0 Å². The highest BCUT2D eigenvalue weighted by Gasteiger charge is 2.32. The summed E-state index contributed by atoms with van der Waals surface area (Å²) in [7, 11) is 0. The first-order chi connectivity index (χ1) is 8.55. The third-order valence-electron chi connectivity index (χ3n) is 2.57. The van der Waals surface area contributed by atoms with Crippen LogP contribution in [0.4, 0.5) is 19.0 Å². The Bertz CT molecular complexity index is 391. The van der Waals surface area contributed by atoms with Crippen molar-refractivity contribution in [1.29, 1.82) is 0 Å². The van der Waals surface area contributed by atoms with E-state index >= 15 is 0 Å². The van der Waals surface area contributed by atoms with E-state index < -0.39 is 11.9 Å². The molecule has 18 heavy (non-hydrogen) atoms. The van der Waals surface area contributed by atoms with Gasteiger partial charge >= 0.3 is 6.18 Å². The van der Waals surface area contributed by atoms with Crippen molar-refractivity contribution in [3.8, 4) is 0 Å². The highest BCUT2D eigenvalue weighted by atomic mass is 19.4. The Kier molecular flexibility index (Phi) is 4.03. The molecule has 0 aromatic carbocycles. The van der Waals surface area contributed by atoms with Crippen molar-refractivity contribution >= 4 is 5.82 Å². The Morgan fingerprint density at radius 1 is 1.44 bits per heavy atom. The maximum atomic E-state index is 12.4. The monoisotopic (exact) mass is 261 g/mol. The lowest BCUT2D eigenvalue weighted by Crippen LogP contribution is -2.45. The van der Waals surface area contributed by atoms with Crippen LogP contribution in [0.1, 0.15) is 5.69 Å². The quantitative estimate of drug-likeness (QED) is 0.865. The molecular weight excluding hydrogens is 247 g/mol. The highest BCUT2D eigenvalue weighted by Crippen LogP contribution is 2.28. The number of pyridine rings is 1. The second kappa shape index (κ2) is 5.53. The van der Waals surface area contributed by atoms with E-state index in [1.165, 1.54) is 12.1 Å². The maximum Gasteiger partial charge on any atom is 0.433 e. The van der Waals surface area contributed by atoms with Crippen molar-refractivity contribution in [3.63, 3.8) is 0 Å². The Morgan fingerprint density at radius 3 is 2.94 bits per heavy atom. The normalized spacial score (nSPS) is 20.7. The lowest BCUT2D eigenvalue weighted by Gasteiger charge is -2.24. The minimum Gasteiger partial charge on any atom is -0.378 e. The fourth-order valence-electron chi connectivity index (χ4n) is 1.67. The molecule has 1 saturated heterocycles. The van der Waals surface area contributed by atoms with Gasteiger partial charge in [0.2, 0.25) is 0 Å². The second-order valence-corrected chi connectivity index (χ2v) is 4.01. The summed E-state index contributed by atoms with van der Waals surface area (Å²) in [5.74, 6) is 0.220. The van der Waals surface area contributed by atoms with Gasteiger partial charge in [-0.2, -0.15) is 13.2 Å². The van der Waals surface area contributed by atoms with Crippen molar-refractivity contribution in [1.82, 2.24) is 10.3 Å². The molecule has 1 aliphatic heterocycles. The van der Waals surface area contributed by atoms with E-state index in [1.54, 1.807) is 0 Å². The number of hydrogen-bond acceptors (Lipinski definition) is 4. The van der Waals surface area contributed by atoms with Crippen LogP contribution in [0.25, 0.3) is 0 Å². The fourth-order valence-corrected chi connectivity index (χ4v) is 1.67. The van der Waals surface area contributed by atoms with Crippen LogP contribution >= 0.6 is 0 Å². The zero-order valence-electron chi connectivity index (χ0n) is 9.63. The number of anilines is 1. The lowest BCUT2D eigenvalue weighted by molar-refractivity contribution is -0.141. The largest absolute Gasteiger partial charge is 0.433 e. The molecule has 0 amide bonds. The topological polar surface area (TPSA) is 46.2 Å². The number of nitrogens with one attached hydrogen (secondary N) is 2. The average molecular weight is 261 g/mol. The number of ether oxygens (including phenoxy) is 1. The Balaban J connectivity index is 1.92. The van der Waals surface area contributed by atoms with E-state index in [0.717, 1.165) is 12.6 Å². The van der Waals surface area contributed by atoms with Gasteiger partial charge in [0.15, 0.2) is 0 Å². The van der Waals surface area contributed by atoms with Crippen LogP contribution in [-0.4, -0.2) is 37.3 Å². The third kappa shape index (κ3) is 3.58. The van der Waals surface area contributed by atoms with Gasteiger partial charge < -0.3 is 15.4 Å². The predicted molar refractivity (Wildman–Crippen MR) is 60.3 cm³/mol. The Labute approximate surface area is 103 Å². The number of morpholine rings is 1. The molecule has 2 rings (SSSR count). The van der Waals surface area contributed by atoms with Gasteiger partial charge in [0.1, 0.15) is 11.5 Å². The van der Waals surface area contributed by atoms with Crippen LogP contribution in [0.15, 0.2) is 18.2 Å². The molecule has 0 saturated carbocycles. The number of nitrogens with zero attached hydrogens (tertiary/aromatic N) is 1. The van der Waals surface area contributed by atoms with Gasteiger partial charge in [-0.05, 0) is 12.1 Å². The van der Waals surface area contributed by atoms with E-state index in [1.807, 2.05) is 0 Å². The lowest BCUT2D eigenvalue weighted by atomic mass is 10.2. The summed E-state index contributed by atoms with van der Waals surface area (Å²) in [5, 5.41) is 6.07. The zero-order valence-corrected chi connectivity index (χ0v) is 9.63. The van der Waals surface area contributed by atoms with Crippen LogP contribution in [0, 0.1) is 0 Å². The third-order valence-corrected chi connectivity index (χ3v) is 2.57. The van der Waals surface area contributed by atoms with E-state index in [9.17, 15) is 13.2 Å². The molecule has 1 fully saturated rings. The molecule has 0 bridgehead atoms. The maximum absolute atomic E-state index is 12.4. The van der Waals surface area contributed by atoms with Crippen molar-refractivity contribution in [2.24, 2.45) is 0 Å². The van der Waals surface area contributed by atoms with Crippen molar-refractivity contribution in [3.05, 3.63) is 23.9 Å². The van der Waals surface area contributed by atoms with Crippen molar-refractivity contribution in [2.75, 3.05) is 31.6 Å². The molecule has 1 atom stereocenters. The molecule has 2 heterocycles. The molecule has 1 aromatic rings. The zero-order chi connectivity index (χ0) is 13.0. The van der Waals surface area contributed by atoms with Gasteiger partial charge in [0.25, 0.3) is 0 Å². The van der Waals surface area contributed by atoms with Gasteiger partial charge in [-0.15, -0.1) is 0 Å². The molecule has 7 heteroatoms. The molecular formula is C11H14F3N3O. The summed E-state index contributed by atoms with van der Waals surface area (Å²) in [6.45, 7) is 2.45. The highest BCUT2D eigenvalue weighted by molar-refractivity contribution is 5.36. The molecule has 1 aromatic heterocycles. The first kappa shape index (κ1) is 13.1. The van der Waals surface area contributed by atoms with E-state index in [0.29, 0.717) is 19.8 Å². The van der Waals surface area contributed by atoms with Crippen molar-refractivity contribution in [2.45, 2.75) is 12.2 Å². The summed E-state index contributed by atoms with van der Waals surface area (Å²) in [4.78, 5) is 3.52. The molecule has 1 unspecified atom stereocenters. The SMILES string of the molecule is FC(F)(F)c1cccc(NCC2COCCN2)n1. The summed E-state index contributed by atoms with van der Waals surface area (Å²) < 4.78 is 42.6. The van der Waals surface area contributed by atoms with Gasteiger partial charge in [-0.1, -0.05) is 6.07 Å². The number of hydrogen-bond donors (Lipinski definition) is 2. The van der Waals surface area contributed by atoms with Crippen LogP contribution in [0.3, 0.4) is 0 Å². The Hall–Kier alpha value is -1.34. The van der Waals surface area contributed by atoms with E-state index in [2.05, 4.69) is 15.6 Å². The van der Waals surface area contributed by atoms with E-state index in [-0.39, 0.29) is 11.9 Å².